The molecule has 6 nitrogen and oxygen atoms in total. The van der Waals surface area contributed by atoms with Crippen molar-refractivity contribution in [1.29, 1.82) is 0 Å². The summed E-state index contributed by atoms with van der Waals surface area (Å²) in [6.07, 6.45) is 0.663. The Balaban J connectivity index is 1.46. The SMILES string of the molecule is O=C(Cn1nnc(-c2cccc(F)c2)n1)NC(Cc1ccccc1)c1ccccc1. The van der Waals surface area contributed by atoms with E-state index in [4.69, 9.17) is 0 Å². The van der Waals surface area contributed by atoms with Gasteiger partial charge < -0.3 is 5.32 Å². The lowest BCUT2D eigenvalue weighted by molar-refractivity contribution is -0.122. The molecule has 1 N–H and O–H groups in total. The molecule has 4 aromatic rings. The highest BCUT2D eigenvalue weighted by Gasteiger charge is 2.17. The number of nitrogens with zero attached hydrogens (tertiary/aromatic N) is 4. The quantitative estimate of drug-likeness (QED) is 0.514. The molecular weight excluding hydrogens is 381 g/mol. The van der Waals surface area contributed by atoms with Crippen molar-refractivity contribution in [3.8, 4) is 11.4 Å². The number of aromatic nitrogens is 4. The fourth-order valence-corrected chi connectivity index (χ4v) is 3.21. The molecule has 30 heavy (non-hydrogen) atoms. The topological polar surface area (TPSA) is 72.7 Å². The van der Waals surface area contributed by atoms with Crippen LogP contribution in [0.25, 0.3) is 11.4 Å². The lowest BCUT2D eigenvalue weighted by Crippen LogP contribution is -2.33. The van der Waals surface area contributed by atoms with Gasteiger partial charge in [0.05, 0.1) is 6.04 Å². The minimum absolute atomic E-state index is 0.0829. The summed E-state index contributed by atoms with van der Waals surface area (Å²) in [4.78, 5) is 13.9. The normalized spacial score (nSPS) is 11.8. The molecule has 0 bridgehead atoms. The standard InChI is InChI=1S/C23H20FN5O/c24-20-13-7-12-19(15-20)23-26-28-29(27-23)16-22(30)25-21(18-10-5-2-6-11-18)14-17-8-3-1-4-9-17/h1-13,15,21H,14,16H2,(H,25,30). The lowest BCUT2D eigenvalue weighted by Gasteiger charge is -2.19. The second kappa shape index (κ2) is 9.09. The molecule has 0 aliphatic carbocycles. The Morgan fingerprint density at radius 1 is 0.967 bits per heavy atom. The van der Waals surface area contributed by atoms with E-state index < -0.39 is 0 Å². The fourth-order valence-electron chi connectivity index (χ4n) is 3.21. The average Bonchev–Trinajstić information content (AvgIpc) is 3.23. The van der Waals surface area contributed by atoms with E-state index in [0.29, 0.717) is 12.0 Å². The van der Waals surface area contributed by atoms with Crippen molar-refractivity contribution < 1.29 is 9.18 Å². The first-order valence-corrected chi connectivity index (χ1v) is 9.59. The number of carbonyl (C=O) groups is 1. The van der Waals surface area contributed by atoms with Gasteiger partial charge in [-0.25, -0.2) is 4.39 Å². The van der Waals surface area contributed by atoms with Crippen molar-refractivity contribution in [2.24, 2.45) is 0 Å². The Bertz CT molecular complexity index is 1110. The van der Waals surface area contributed by atoms with Gasteiger partial charge in [-0.3, -0.25) is 4.79 Å². The van der Waals surface area contributed by atoms with E-state index >= 15 is 0 Å². The second-order valence-electron chi connectivity index (χ2n) is 6.87. The van der Waals surface area contributed by atoms with Crippen LogP contribution < -0.4 is 5.32 Å². The maximum Gasteiger partial charge on any atom is 0.244 e. The Morgan fingerprint density at radius 2 is 1.70 bits per heavy atom. The highest BCUT2D eigenvalue weighted by Crippen LogP contribution is 2.19. The van der Waals surface area contributed by atoms with Crippen molar-refractivity contribution >= 4 is 5.91 Å². The van der Waals surface area contributed by atoms with E-state index in [1.54, 1.807) is 12.1 Å². The van der Waals surface area contributed by atoms with Gasteiger partial charge in [-0.1, -0.05) is 72.8 Å². The number of nitrogens with one attached hydrogen (secondary N) is 1. The molecule has 150 valence electrons. The van der Waals surface area contributed by atoms with E-state index in [9.17, 15) is 9.18 Å². The van der Waals surface area contributed by atoms with Crippen LogP contribution in [0.15, 0.2) is 84.9 Å². The number of hydrogen-bond acceptors (Lipinski definition) is 4. The molecule has 0 spiro atoms. The third kappa shape index (κ3) is 4.94. The Kier molecular flexibility index (Phi) is 5.89. The summed E-state index contributed by atoms with van der Waals surface area (Å²) >= 11 is 0. The van der Waals surface area contributed by atoms with Crippen molar-refractivity contribution in [3.05, 3.63) is 102 Å². The van der Waals surface area contributed by atoms with Gasteiger partial charge in [0.15, 0.2) is 0 Å². The molecule has 0 aliphatic heterocycles. The highest BCUT2D eigenvalue weighted by molar-refractivity contribution is 5.76. The first-order chi connectivity index (χ1) is 14.7. The molecule has 0 saturated heterocycles. The van der Waals surface area contributed by atoms with Crippen LogP contribution in [0, 0.1) is 5.82 Å². The van der Waals surface area contributed by atoms with Crippen LogP contribution >= 0.6 is 0 Å². The molecule has 1 atom stereocenters. The third-order valence-electron chi connectivity index (χ3n) is 4.64. The van der Waals surface area contributed by atoms with Crippen LogP contribution in [0.5, 0.6) is 0 Å². The molecule has 4 rings (SSSR count). The summed E-state index contributed by atoms with van der Waals surface area (Å²) in [5.41, 5.74) is 2.65. The van der Waals surface area contributed by atoms with Crippen LogP contribution in [-0.4, -0.2) is 26.1 Å². The smallest absolute Gasteiger partial charge is 0.244 e. The highest BCUT2D eigenvalue weighted by atomic mass is 19.1. The summed E-state index contributed by atoms with van der Waals surface area (Å²) in [5.74, 6) is -0.345. The molecule has 1 heterocycles. The predicted molar refractivity (Wildman–Crippen MR) is 111 cm³/mol. The van der Waals surface area contributed by atoms with Gasteiger partial charge in [-0.05, 0) is 34.9 Å². The van der Waals surface area contributed by atoms with E-state index in [2.05, 4.69) is 20.7 Å². The first-order valence-electron chi connectivity index (χ1n) is 9.59. The summed E-state index contributed by atoms with van der Waals surface area (Å²) < 4.78 is 13.4. The Hall–Kier alpha value is -3.87. The zero-order valence-electron chi connectivity index (χ0n) is 16.1. The average molecular weight is 401 g/mol. The number of rotatable bonds is 7. The summed E-state index contributed by atoms with van der Waals surface area (Å²) in [7, 11) is 0. The zero-order chi connectivity index (χ0) is 20.8. The Morgan fingerprint density at radius 3 is 2.43 bits per heavy atom. The van der Waals surface area contributed by atoms with Crippen LogP contribution in [0.3, 0.4) is 0 Å². The van der Waals surface area contributed by atoms with Gasteiger partial charge in [0.25, 0.3) is 0 Å². The molecule has 0 aliphatic rings. The number of tetrazole rings is 1. The molecule has 1 unspecified atom stereocenters. The van der Waals surface area contributed by atoms with Gasteiger partial charge in [-0.15, -0.1) is 10.2 Å². The zero-order valence-corrected chi connectivity index (χ0v) is 16.1. The third-order valence-corrected chi connectivity index (χ3v) is 4.64. The van der Waals surface area contributed by atoms with E-state index in [1.807, 2.05) is 60.7 Å². The number of carbonyl (C=O) groups excluding carboxylic acids is 1. The van der Waals surface area contributed by atoms with E-state index in [-0.39, 0.29) is 30.1 Å². The van der Waals surface area contributed by atoms with Crippen LogP contribution in [0.4, 0.5) is 4.39 Å². The van der Waals surface area contributed by atoms with Gasteiger partial charge in [0.1, 0.15) is 12.4 Å². The Labute approximate surface area is 173 Å². The lowest BCUT2D eigenvalue weighted by atomic mass is 9.99. The van der Waals surface area contributed by atoms with Crippen LogP contribution in [0.2, 0.25) is 0 Å². The molecule has 0 saturated carbocycles. The second-order valence-corrected chi connectivity index (χ2v) is 6.87. The number of halogens is 1. The van der Waals surface area contributed by atoms with Crippen LogP contribution in [0.1, 0.15) is 17.2 Å². The molecular formula is C23H20FN5O. The monoisotopic (exact) mass is 401 g/mol. The fraction of sp³-hybridized carbons (Fsp3) is 0.130. The van der Waals surface area contributed by atoms with Crippen molar-refractivity contribution in [2.45, 2.75) is 19.0 Å². The molecule has 3 aromatic carbocycles. The van der Waals surface area contributed by atoms with Gasteiger partial charge in [-0.2, -0.15) is 4.80 Å². The summed E-state index contributed by atoms with van der Waals surface area (Å²) in [6, 6.07) is 25.6. The maximum absolute atomic E-state index is 13.4. The predicted octanol–water partition coefficient (Wildman–Crippen LogP) is 3.58. The molecule has 7 heteroatoms. The maximum atomic E-state index is 13.4. The number of amides is 1. The molecule has 0 fully saturated rings. The van der Waals surface area contributed by atoms with Crippen molar-refractivity contribution in [1.82, 2.24) is 25.5 Å². The minimum Gasteiger partial charge on any atom is -0.347 e. The number of benzene rings is 3. The van der Waals surface area contributed by atoms with Crippen molar-refractivity contribution in [2.75, 3.05) is 0 Å². The van der Waals surface area contributed by atoms with Crippen LogP contribution in [-0.2, 0) is 17.8 Å². The van der Waals surface area contributed by atoms with Crippen molar-refractivity contribution in [3.63, 3.8) is 0 Å². The van der Waals surface area contributed by atoms with E-state index in [0.717, 1.165) is 11.1 Å². The van der Waals surface area contributed by atoms with E-state index in [1.165, 1.54) is 16.9 Å². The minimum atomic E-state index is -0.381. The summed E-state index contributed by atoms with van der Waals surface area (Å²) in [6.45, 7) is -0.0829. The largest absolute Gasteiger partial charge is 0.347 e. The van der Waals surface area contributed by atoms with Gasteiger partial charge in [0.2, 0.25) is 11.7 Å². The molecule has 0 radical (unpaired) electrons. The summed E-state index contributed by atoms with van der Waals surface area (Å²) in [5, 5.41) is 15.1. The molecule has 1 amide bonds. The number of hydrogen-bond donors (Lipinski definition) is 1. The van der Waals surface area contributed by atoms with Gasteiger partial charge >= 0.3 is 0 Å². The van der Waals surface area contributed by atoms with Gasteiger partial charge in [0, 0.05) is 5.56 Å². The first kappa shape index (κ1) is 19.4. The molecule has 1 aromatic heterocycles.